The number of para-hydroxylation sites is 2. The van der Waals surface area contributed by atoms with Gasteiger partial charge in [0, 0.05) is 5.02 Å². The molecule has 1 saturated heterocycles. The molecule has 0 N–H and O–H groups in total. The molecule has 1 aromatic heterocycles. The minimum atomic E-state index is -0.00622. The van der Waals surface area contributed by atoms with E-state index in [1.807, 2.05) is 48.5 Å². The zero-order valence-electron chi connectivity index (χ0n) is 10.5. The van der Waals surface area contributed by atoms with Gasteiger partial charge in [0.1, 0.15) is 12.2 Å². The van der Waals surface area contributed by atoms with Gasteiger partial charge in [-0.25, -0.2) is 4.98 Å². The molecule has 0 radical (unpaired) electrons. The Hall–Kier alpha value is -1.97. The van der Waals surface area contributed by atoms with Gasteiger partial charge in [0.2, 0.25) is 0 Å². The maximum absolute atomic E-state index is 5.89. The summed E-state index contributed by atoms with van der Waals surface area (Å²) in [6.07, 6.45) is 1.85. The van der Waals surface area contributed by atoms with E-state index >= 15 is 0 Å². The number of epoxide rings is 1. The van der Waals surface area contributed by atoms with E-state index in [4.69, 9.17) is 16.3 Å². The molecule has 2 heterocycles. The zero-order chi connectivity index (χ0) is 13.5. The molecular weight excluding hydrogens is 272 g/mol. The predicted octanol–water partition coefficient (Wildman–Crippen LogP) is 4.10. The first-order valence-corrected chi connectivity index (χ1v) is 6.82. The number of fused-ring (bicyclic) bond motifs is 1. The van der Waals surface area contributed by atoms with E-state index in [1.165, 1.54) is 0 Å². The highest BCUT2D eigenvalue weighted by Gasteiger charge is 2.42. The summed E-state index contributed by atoms with van der Waals surface area (Å²) in [5, 5.41) is 0.733. The topological polar surface area (TPSA) is 38.3 Å². The lowest BCUT2D eigenvalue weighted by Gasteiger charge is -1.99. The van der Waals surface area contributed by atoms with Gasteiger partial charge in [0.05, 0.1) is 22.9 Å². The standard InChI is InChI=1S/C16H11ClN2O/c17-11-7-5-10(6-8-11)15-16(20-15)14-9-18-12-3-1-2-4-13(12)19-14/h1-9,15-16H/t15-,16-/m1/s1. The highest BCUT2D eigenvalue weighted by Crippen LogP contribution is 2.50. The molecule has 1 fully saturated rings. The molecule has 0 aliphatic carbocycles. The quantitative estimate of drug-likeness (QED) is 0.664. The predicted molar refractivity (Wildman–Crippen MR) is 77.6 cm³/mol. The van der Waals surface area contributed by atoms with Crippen LogP contribution in [0.3, 0.4) is 0 Å². The number of hydrogen-bond acceptors (Lipinski definition) is 3. The third-order valence-electron chi connectivity index (χ3n) is 3.45. The Balaban J connectivity index is 1.63. The van der Waals surface area contributed by atoms with Crippen molar-refractivity contribution >= 4 is 22.6 Å². The number of hydrogen-bond donors (Lipinski definition) is 0. The maximum Gasteiger partial charge on any atom is 0.132 e. The smallest absolute Gasteiger partial charge is 0.132 e. The van der Waals surface area contributed by atoms with Crippen molar-refractivity contribution in [1.29, 1.82) is 0 Å². The van der Waals surface area contributed by atoms with E-state index in [0.29, 0.717) is 0 Å². The minimum Gasteiger partial charge on any atom is -0.358 e. The Kier molecular flexibility index (Phi) is 2.69. The normalized spacial score (nSPS) is 21.1. The monoisotopic (exact) mass is 282 g/mol. The molecule has 1 aliphatic rings. The fourth-order valence-corrected chi connectivity index (χ4v) is 2.48. The largest absolute Gasteiger partial charge is 0.358 e. The molecule has 4 rings (SSSR count). The second-order valence-electron chi connectivity index (χ2n) is 4.81. The Bertz CT molecular complexity index is 773. The molecule has 4 heteroatoms. The second kappa shape index (κ2) is 4.54. The first-order valence-electron chi connectivity index (χ1n) is 6.44. The number of nitrogens with zero attached hydrogens (tertiary/aromatic N) is 2. The van der Waals surface area contributed by atoms with Crippen molar-refractivity contribution < 1.29 is 4.74 Å². The first-order chi connectivity index (χ1) is 9.81. The van der Waals surface area contributed by atoms with Crippen LogP contribution in [-0.4, -0.2) is 9.97 Å². The van der Waals surface area contributed by atoms with Crippen LogP contribution in [0, 0.1) is 0 Å². The van der Waals surface area contributed by atoms with E-state index in [1.54, 1.807) is 6.20 Å². The molecule has 2 aromatic carbocycles. The van der Waals surface area contributed by atoms with Crippen molar-refractivity contribution in [3.63, 3.8) is 0 Å². The summed E-state index contributed by atoms with van der Waals surface area (Å²) in [5.74, 6) is 0. The zero-order valence-corrected chi connectivity index (χ0v) is 11.3. The van der Waals surface area contributed by atoms with Gasteiger partial charge in [-0.1, -0.05) is 35.9 Å². The van der Waals surface area contributed by atoms with Gasteiger partial charge in [-0.15, -0.1) is 0 Å². The Morgan fingerprint density at radius 1 is 0.900 bits per heavy atom. The Morgan fingerprint density at radius 2 is 1.65 bits per heavy atom. The number of aromatic nitrogens is 2. The maximum atomic E-state index is 5.89. The third kappa shape index (κ3) is 2.05. The van der Waals surface area contributed by atoms with Crippen molar-refractivity contribution in [2.24, 2.45) is 0 Å². The van der Waals surface area contributed by atoms with E-state index in [2.05, 4.69) is 9.97 Å². The molecule has 2 atom stereocenters. The second-order valence-corrected chi connectivity index (χ2v) is 5.25. The number of halogens is 1. The lowest BCUT2D eigenvalue weighted by molar-refractivity contribution is 0.375. The summed E-state index contributed by atoms with van der Waals surface area (Å²) < 4.78 is 5.73. The van der Waals surface area contributed by atoms with Crippen molar-refractivity contribution in [1.82, 2.24) is 9.97 Å². The molecule has 3 aromatic rings. The molecule has 98 valence electrons. The van der Waals surface area contributed by atoms with Crippen LogP contribution >= 0.6 is 11.6 Å². The van der Waals surface area contributed by atoms with Crippen molar-refractivity contribution in [2.75, 3.05) is 0 Å². The summed E-state index contributed by atoms with van der Waals surface area (Å²) >= 11 is 5.89. The third-order valence-corrected chi connectivity index (χ3v) is 3.70. The van der Waals surface area contributed by atoms with Crippen molar-refractivity contribution in [3.05, 3.63) is 71.0 Å². The summed E-state index contributed by atoms with van der Waals surface area (Å²) in [5.41, 5.74) is 3.80. The summed E-state index contributed by atoms with van der Waals surface area (Å²) in [7, 11) is 0. The fraction of sp³-hybridized carbons (Fsp3) is 0.125. The van der Waals surface area contributed by atoms with E-state index < -0.39 is 0 Å². The average Bonchev–Trinajstić information content (AvgIpc) is 3.28. The average molecular weight is 283 g/mol. The molecule has 0 unspecified atom stereocenters. The van der Waals surface area contributed by atoms with E-state index in [-0.39, 0.29) is 12.2 Å². The van der Waals surface area contributed by atoms with E-state index in [0.717, 1.165) is 27.3 Å². The number of ether oxygens (including phenoxy) is 1. The van der Waals surface area contributed by atoms with Gasteiger partial charge in [-0.2, -0.15) is 0 Å². The van der Waals surface area contributed by atoms with E-state index in [9.17, 15) is 0 Å². The van der Waals surface area contributed by atoms with Crippen LogP contribution < -0.4 is 0 Å². The van der Waals surface area contributed by atoms with Crippen LogP contribution in [0.2, 0.25) is 5.02 Å². The van der Waals surface area contributed by atoms with Crippen molar-refractivity contribution in [2.45, 2.75) is 12.2 Å². The van der Waals surface area contributed by atoms with Crippen LogP contribution in [0.4, 0.5) is 0 Å². The van der Waals surface area contributed by atoms with Gasteiger partial charge in [-0.05, 0) is 29.8 Å². The first kappa shape index (κ1) is 11.8. The fourth-order valence-electron chi connectivity index (χ4n) is 2.35. The van der Waals surface area contributed by atoms with Crippen LogP contribution in [-0.2, 0) is 4.74 Å². The highest BCUT2D eigenvalue weighted by atomic mass is 35.5. The number of rotatable bonds is 2. The van der Waals surface area contributed by atoms with Crippen molar-refractivity contribution in [3.8, 4) is 0 Å². The number of benzene rings is 2. The lowest BCUT2D eigenvalue weighted by atomic mass is 10.1. The Labute approximate surface area is 121 Å². The summed E-state index contributed by atoms with van der Waals surface area (Å²) in [6, 6.07) is 15.6. The molecule has 0 bridgehead atoms. The van der Waals surface area contributed by atoms with Gasteiger partial charge < -0.3 is 4.74 Å². The van der Waals surface area contributed by atoms with Gasteiger partial charge in [0.15, 0.2) is 0 Å². The summed E-state index contributed by atoms with van der Waals surface area (Å²) in [6.45, 7) is 0. The van der Waals surface area contributed by atoms with Gasteiger partial charge in [-0.3, -0.25) is 4.98 Å². The molecular formula is C16H11ClN2O. The minimum absolute atomic E-state index is 0.00622. The summed E-state index contributed by atoms with van der Waals surface area (Å²) in [4.78, 5) is 9.04. The van der Waals surface area contributed by atoms with Crippen LogP contribution in [0.25, 0.3) is 11.0 Å². The van der Waals surface area contributed by atoms with Crippen LogP contribution in [0.1, 0.15) is 23.5 Å². The van der Waals surface area contributed by atoms with Crippen LogP contribution in [0.5, 0.6) is 0 Å². The van der Waals surface area contributed by atoms with Gasteiger partial charge >= 0.3 is 0 Å². The molecule has 20 heavy (non-hydrogen) atoms. The van der Waals surface area contributed by atoms with Gasteiger partial charge in [0.25, 0.3) is 0 Å². The molecule has 1 aliphatic heterocycles. The van der Waals surface area contributed by atoms with Crippen LogP contribution in [0.15, 0.2) is 54.7 Å². The highest BCUT2D eigenvalue weighted by molar-refractivity contribution is 6.30. The SMILES string of the molecule is Clc1ccc([C@H]2O[C@@H]2c2cnc3ccccc3n2)cc1. The molecule has 0 spiro atoms. The lowest BCUT2D eigenvalue weighted by Crippen LogP contribution is -1.92. The molecule has 0 amide bonds. The Morgan fingerprint density at radius 3 is 2.45 bits per heavy atom. The molecule has 0 saturated carbocycles. The molecule has 3 nitrogen and oxygen atoms in total.